The van der Waals surface area contributed by atoms with Gasteiger partial charge in [-0.25, -0.2) is 4.79 Å². The van der Waals surface area contributed by atoms with E-state index in [0.29, 0.717) is 12.0 Å². The van der Waals surface area contributed by atoms with Crippen molar-refractivity contribution in [1.29, 1.82) is 0 Å². The second kappa shape index (κ2) is 5.12. The van der Waals surface area contributed by atoms with Crippen LogP contribution in [0.15, 0.2) is 30.3 Å². The molecule has 0 aromatic heterocycles. The lowest BCUT2D eigenvalue weighted by Crippen LogP contribution is -2.28. The SMILES string of the molecule is O=C(OC1CCCC(O)C1)c1ccccc1. The van der Waals surface area contributed by atoms with E-state index in [-0.39, 0.29) is 18.2 Å². The first-order valence-corrected chi connectivity index (χ1v) is 5.70. The van der Waals surface area contributed by atoms with Gasteiger partial charge in [-0.15, -0.1) is 0 Å². The monoisotopic (exact) mass is 220 g/mol. The molecule has 16 heavy (non-hydrogen) atoms. The molecule has 1 aliphatic rings. The van der Waals surface area contributed by atoms with E-state index in [1.807, 2.05) is 18.2 Å². The molecule has 0 saturated heterocycles. The van der Waals surface area contributed by atoms with Crippen LogP contribution in [0.1, 0.15) is 36.0 Å². The number of esters is 1. The van der Waals surface area contributed by atoms with Crippen LogP contribution in [0.25, 0.3) is 0 Å². The third kappa shape index (κ3) is 2.83. The van der Waals surface area contributed by atoms with Crippen LogP contribution in [-0.2, 0) is 4.74 Å². The molecular weight excluding hydrogens is 204 g/mol. The fourth-order valence-electron chi connectivity index (χ4n) is 2.02. The summed E-state index contributed by atoms with van der Waals surface area (Å²) in [6, 6.07) is 8.96. The summed E-state index contributed by atoms with van der Waals surface area (Å²) < 4.78 is 5.35. The largest absolute Gasteiger partial charge is 0.459 e. The van der Waals surface area contributed by atoms with Gasteiger partial charge in [-0.2, -0.15) is 0 Å². The van der Waals surface area contributed by atoms with Crippen molar-refractivity contribution < 1.29 is 14.6 Å². The van der Waals surface area contributed by atoms with Gasteiger partial charge in [0.1, 0.15) is 6.10 Å². The number of hydrogen-bond acceptors (Lipinski definition) is 3. The Morgan fingerprint density at radius 3 is 2.69 bits per heavy atom. The van der Waals surface area contributed by atoms with E-state index in [4.69, 9.17) is 4.74 Å². The molecule has 3 nitrogen and oxygen atoms in total. The van der Waals surface area contributed by atoms with Crippen LogP contribution in [-0.4, -0.2) is 23.3 Å². The predicted molar refractivity (Wildman–Crippen MR) is 60.1 cm³/mol. The summed E-state index contributed by atoms with van der Waals surface area (Å²) in [6.07, 6.45) is 2.72. The van der Waals surface area contributed by atoms with E-state index in [2.05, 4.69) is 0 Å². The normalized spacial score (nSPS) is 25.1. The quantitative estimate of drug-likeness (QED) is 0.777. The summed E-state index contributed by atoms with van der Waals surface area (Å²) in [4.78, 5) is 11.7. The number of rotatable bonds is 2. The molecule has 1 aromatic rings. The van der Waals surface area contributed by atoms with Crippen molar-refractivity contribution in [1.82, 2.24) is 0 Å². The first-order chi connectivity index (χ1) is 7.75. The Kier molecular flexibility index (Phi) is 3.57. The maximum atomic E-state index is 11.7. The number of benzene rings is 1. The molecular formula is C13H16O3. The molecule has 1 saturated carbocycles. The molecule has 2 unspecified atom stereocenters. The van der Waals surface area contributed by atoms with Gasteiger partial charge in [0, 0.05) is 6.42 Å². The van der Waals surface area contributed by atoms with E-state index >= 15 is 0 Å². The number of ether oxygens (including phenoxy) is 1. The average Bonchev–Trinajstić information content (AvgIpc) is 2.30. The van der Waals surface area contributed by atoms with Gasteiger partial charge in [0.15, 0.2) is 0 Å². The topological polar surface area (TPSA) is 46.5 Å². The zero-order valence-electron chi connectivity index (χ0n) is 9.13. The Morgan fingerprint density at radius 1 is 1.25 bits per heavy atom. The lowest BCUT2D eigenvalue weighted by molar-refractivity contribution is -0.00223. The smallest absolute Gasteiger partial charge is 0.338 e. The van der Waals surface area contributed by atoms with E-state index in [1.54, 1.807) is 12.1 Å². The van der Waals surface area contributed by atoms with Crippen molar-refractivity contribution in [2.45, 2.75) is 37.9 Å². The highest BCUT2D eigenvalue weighted by atomic mass is 16.5. The molecule has 2 rings (SSSR count). The van der Waals surface area contributed by atoms with E-state index in [1.165, 1.54) is 0 Å². The summed E-state index contributed by atoms with van der Waals surface area (Å²) in [5.41, 5.74) is 0.572. The van der Waals surface area contributed by atoms with Crippen LogP contribution in [0.2, 0.25) is 0 Å². The van der Waals surface area contributed by atoms with Crippen LogP contribution in [0.3, 0.4) is 0 Å². The minimum atomic E-state index is -0.317. The van der Waals surface area contributed by atoms with Crippen molar-refractivity contribution in [3.8, 4) is 0 Å². The zero-order chi connectivity index (χ0) is 11.4. The number of aliphatic hydroxyl groups excluding tert-OH is 1. The molecule has 0 radical (unpaired) electrons. The van der Waals surface area contributed by atoms with E-state index < -0.39 is 0 Å². The lowest BCUT2D eigenvalue weighted by Gasteiger charge is -2.25. The first-order valence-electron chi connectivity index (χ1n) is 5.70. The molecule has 0 spiro atoms. The second-order valence-corrected chi connectivity index (χ2v) is 4.21. The molecule has 0 bridgehead atoms. The third-order valence-corrected chi connectivity index (χ3v) is 2.88. The van der Waals surface area contributed by atoms with Gasteiger partial charge in [-0.05, 0) is 31.4 Å². The van der Waals surface area contributed by atoms with Crippen LogP contribution >= 0.6 is 0 Å². The van der Waals surface area contributed by atoms with Gasteiger partial charge < -0.3 is 9.84 Å². The molecule has 2 atom stereocenters. The number of hydrogen-bond donors (Lipinski definition) is 1. The molecule has 1 N–H and O–H groups in total. The summed E-state index contributed by atoms with van der Waals surface area (Å²) in [5, 5.41) is 9.47. The van der Waals surface area contributed by atoms with Crippen LogP contribution in [0, 0.1) is 0 Å². The highest BCUT2D eigenvalue weighted by Gasteiger charge is 2.23. The fraction of sp³-hybridized carbons (Fsp3) is 0.462. The Bertz CT molecular complexity index is 347. The zero-order valence-corrected chi connectivity index (χ0v) is 9.13. The van der Waals surface area contributed by atoms with Gasteiger partial charge in [0.25, 0.3) is 0 Å². The summed E-state index contributed by atoms with van der Waals surface area (Å²) >= 11 is 0. The third-order valence-electron chi connectivity index (χ3n) is 2.88. The summed E-state index contributed by atoms with van der Waals surface area (Å²) in [6.45, 7) is 0. The fourth-order valence-corrected chi connectivity index (χ4v) is 2.02. The van der Waals surface area contributed by atoms with Crippen LogP contribution in [0.4, 0.5) is 0 Å². The van der Waals surface area contributed by atoms with Gasteiger partial charge in [-0.1, -0.05) is 18.2 Å². The molecule has 0 amide bonds. The van der Waals surface area contributed by atoms with Gasteiger partial charge in [-0.3, -0.25) is 0 Å². The maximum Gasteiger partial charge on any atom is 0.338 e. The Labute approximate surface area is 95.0 Å². The number of carbonyl (C=O) groups is 1. The molecule has 3 heteroatoms. The highest BCUT2D eigenvalue weighted by Crippen LogP contribution is 2.21. The molecule has 1 aliphatic carbocycles. The molecule has 0 heterocycles. The Balaban J connectivity index is 1.92. The molecule has 0 aliphatic heterocycles. The maximum absolute atomic E-state index is 11.7. The van der Waals surface area contributed by atoms with E-state index in [0.717, 1.165) is 19.3 Å². The van der Waals surface area contributed by atoms with E-state index in [9.17, 15) is 9.90 Å². The van der Waals surface area contributed by atoms with Crippen molar-refractivity contribution in [2.75, 3.05) is 0 Å². The van der Waals surface area contributed by atoms with Crippen LogP contribution < -0.4 is 0 Å². The van der Waals surface area contributed by atoms with Gasteiger partial charge in [0.2, 0.25) is 0 Å². The molecule has 86 valence electrons. The van der Waals surface area contributed by atoms with Crippen molar-refractivity contribution in [2.24, 2.45) is 0 Å². The lowest BCUT2D eigenvalue weighted by atomic mass is 9.95. The molecule has 1 aromatic carbocycles. The number of carbonyl (C=O) groups excluding carboxylic acids is 1. The standard InChI is InChI=1S/C13H16O3/c14-11-7-4-8-12(9-11)16-13(15)10-5-2-1-3-6-10/h1-3,5-6,11-12,14H,4,7-9H2. The van der Waals surface area contributed by atoms with Gasteiger partial charge in [0.05, 0.1) is 11.7 Å². The average molecular weight is 220 g/mol. The van der Waals surface area contributed by atoms with Gasteiger partial charge >= 0.3 is 5.97 Å². The Morgan fingerprint density at radius 2 is 2.00 bits per heavy atom. The summed E-state index contributed by atoms with van der Waals surface area (Å²) in [7, 11) is 0. The number of aliphatic hydroxyl groups is 1. The predicted octanol–water partition coefficient (Wildman–Crippen LogP) is 2.15. The van der Waals surface area contributed by atoms with Crippen molar-refractivity contribution >= 4 is 5.97 Å². The van der Waals surface area contributed by atoms with Crippen molar-refractivity contribution in [3.63, 3.8) is 0 Å². The van der Waals surface area contributed by atoms with Crippen LogP contribution in [0.5, 0.6) is 0 Å². The Hall–Kier alpha value is -1.35. The first kappa shape index (κ1) is 11.1. The minimum absolute atomic E-state index is 0.128. The minimum Gasteiger partial charge on any atom is -0.459 e. The second-order valence-electron chi connectivity index (χ2n) is 4.21. The van der Waals surface area contributed by atoms with Crippen molar-refractivity contribution in [3.05, 3.63) is 35.9 Å². The summed E-state index contributed by atoms with van der Waals surface area (Å²) in [5.74, 6) is -0.292. The molecule has 1 fully saturated rings. The highest BCUT2D eigenvalue weighted by molar-refractivity contribution is 5.89.